The molecule has 3 nitrogen and oxygen atoms in total. The number of benzene rings is 6. The van der Waals surface area contributed by atoms with Gasteiger partial charge in [-0.3, -0.25) is 0 Å². The van der Waals surface area contributed by atoms with Gasteiger partial charge in [-0.25, -0.2) is 0 Å². The Morgan fingerprint density at radius 1 is 0.615 bits per heavy atom. The fraction of sp³-hybridized carbons (Fsp3) is 0.143. The van der Waals surface area contributed by atoms with Crippen LogP contribution >= 0.6 is 0 Å². The Kier molecular flexibility index (Phi) is 6.94. The van der Waals surface area contributed by atoms with Gasteiger partial charge in [0.1, 0.15) is 22.5 Å². The highest BCUT2D eigenvalue weighted by Gasteiger charge is 2.38. The average Bonchev–Trinajstić information content (AvgIpc) is 3.87. The number of fused-ring (bicyclic) bond motifs is 8. The lowest BCUT2D eigenvalue weighted by Gasteiger charge is -2.40. The molecular weight excluding hydrogens is 637 g/mol. The number of furan rings is 3. The van der Waals surface area contributed by atoms with Gasteiger partial charge in [-0.2, -0.15) is 0 Å². The van der Waals surface area contributed by atoms with Crippen LogP contribution < -0.4 is 0 Å². The summed E-state index contributed by atoms with van der Waals surface area (Å²) in [5.74, 6) is 0.788. The van der Waals surface area contributed by atoms with Gasteiger partial charge in [0.05, 0.1) is 0 Å². The summed E-state index contributed by atoms with van der Waals surface area (Å²) >= 11 is 0. The maximum absolute atomic E-state index is 6.78. The summed E-state index contributed by atoms with van der Waals surface area (Å²) in [5, 5.41) is 5.55. The van der Waals surface area contributed by atoms with E-state index in [9.17, 15) is 0 Å². The zero-order chi connectivity index (χ0) is 35.0. The minimum absolute atomic E-state index is 0.112. The van der Waals surface area contributed by atoms with Crippen molar-refractivity contribution in [1.29, 1.82) is 0 Å². The van der Waals surface area contributed by atoms with Crippen molar-refractivity contribution in [2.45, 2.75) is 45.4 Å². The Labute approximate surface area is 302 Å². The molecule has 0 bridgehead atoms. The Hall–Kier alpha value is -6.06. The van der Waals surface area contributed by atoms with E-state index in [1.54, 1.807) is 0 Å². The van der Waals surface area contributed by atoms with Crippen molar-refractivity contribution in [2.75, 3.05) is 0 Å². The van der Waals surface area contributed by atoms with Gasteiger partial charge in [0.15, 0.2) is 11.2 Å². The fourth-order valence-corrected chi connectivity index (χ4v) is 8.47. The standard InChI is InChI=1S/C49H38O3/c1-4-31(17-20-36-28-35-18-21-40-38-15-7-8-16-43(38)52-48(40)46(35)50-36)32-12-9-13-33(27-32)34-19-24-44-42(29-34)41-23-22-39(37-14-6-5-11-30(37)2)45(47(41)51-44)49(3)25-10-26-49/h4-9,11-24,27-29H,10,25-26H2,1-3H3/b20-17-,31-4+. The molecule has 10 rings (SSSR count). The third kappa shape index (κ3) is 4.80. The minimum atomic E-state index is 0.112. The summed E-state index contributed by atoms with van der Waals surface area (Å²) in [7, 11) is 0. The second-order valence-corrected chi connectivity index (χ2v) is 14.7. The zero-order valence-corrected chi connectivity index (χ0v) is 29.6. The molecule has 1 aliphatic carbocycles. The van der Waals surface area contributed by atoms with Crippen LogP contribution in [0.15, 0.2) is 147 Å². The number of hydrogen-bond acceptors (Lipinski definition) is 3. The van der Waals surface area contributed by atoms with Crippen molar-refractivity contribution in [3.05, 3.63) is 156 Å². The Morgan fingerprint density at radius 2 is 1.38 bits per heavy atom. The second kappa shape index (κ2) is 11.7. The molecule has 0 spiro atoms. The van der Waals surface area contributed by atoms with E-state index in [1.165, 1.54) is 58.0 Å². The molecule has 0 unspecified atom stereocenters. The van der Waals surface area contributed by atoms with Gasteiger partial charge in [-0.15, -0.1) is 0 Å². The SMILES string of the molecule is C/C=C(\C=C/c1cc2ccc3c4ccccc4oc3c2o1)c1cccc(-c2ccc3oc4c(C5(C)CCC5)c(-c5ccccc5C)ccc4c3c2)c1. The molecule has 0 N–H and O–H groups in total. The van der Waals surface area contributed by atoms with E-state index >= 15 is 0 Å². The quantitative estimate of drug-likeness (QED) is 0.165. The predicted molar refractivity (Wildman–Crippen MR) is 217 cm³/mol. The van der Waals surface area contributed by atoms with Crippen LogP contribution in [-0.2, 0) is 5.41 Å². The van der Waals surface area contributed by atoms with E-state index < -0.39 is 0 Å². The number of rotatable bonds is 6. The average molecular weight is 675 g/mol. The summed E-state index contributed by atoms with van der Waals surface area (Å²) < 4.78 is 19.4. The number of hydrogen-bond donors (Lipinski definition) is 0. The molecule has 0 amide bonds. The van der Waals surface area contributed by atoms with E-state index in [0.29, 0.717) is 0 Å². The Morgan fingerprint density at radius 3 is 2.23 bits per heavy atom. The topological polar surface area (TPSA) is 39.4 Å². The fourth-order valence-electron chi connectivity index (χ4n) is 8.47. The lowest BCUT2D eigenvalue weighted by atomic mass is 9.64. The van der Waals surface area contributed by atoms with Crippen molar-refractivity contribution in [2.24, 2.45) is 0 Å². The predicted octanol–water partition coefficient (Wildman–Crippen LogP) is 14.4. The van der Waals surface area contributed by atoms with Crippen LogP contribution in [0.4, 0.5) is 0 Å². The van der Waals surface area contributed by atoms with Gasteiger partial charge in [0.25, 0.3) is 0 Å². The zero-order valence-electron chi connectivity index (χ0n) is 29.6. The molecule has 252 valence electrons. The van der Waals surface area contributed by atoms with Crippen molar-refractivity contribution in [3.8, 4) is 22.3 Å². The Balaban J connectivity index is 1.00. The third-order valence-corrected chi connectivity index (χ3v) is 11.5. The summed E-state index contributed by atoms with van der Waals surface area (Å²) in [6.07, 6.45) is 9.96. The molecule has 3 heteroatoms. The molecule has 3 heterocycles. The second-order valence-electron chi connectivity index (χ2n) is 14.7. The normalized spacial score (nSPS) is 14.8. The molecule has 3 aromatic heterocycles. The van der Waals surface area contributed by atoms with E-state index in [1.807, 2.05) is 24.3 Å². The first kappa shape index (κ1) is 30.7. The maximum Gasteiger partial charge on any atom is 0.178 e. The van der Waals surface area contributed by atoms with Crippen LogP contribution in [0.3, 0.4) is 0 Å². The molecule has 9 aromatic rings. The maximum atomic E-state index is 6.78. The van der Waals surface area contributed by atoms with Crippen molar-refractivity contribution in [1.82, 2.24) is 0 Å². The molecular formula is C49H38O3. The van der Waals surface area contributed by atoms with Crippen LogP contribution in [0.5, 0.6) is 0 Å². The van der Waals surface area contributed by atoms with Crippen LogP contribution in [-0.4, -0.2) is 0 Å². The molecule has 0 radical (unpaired) electrons. The number of para-hydroxylation sites is 1. The summed E-state index contributed by atoms with van der Waals surface area (Å²) in [6, 6.07) is 43.2. The summed E-state index contributed by atoms with van der Waals surface area (Å²) in [5.41, 5.74) is 14.4. The van der Waals surface area contributed by atoms with Gasteiger partial charge < -0.3 is 13.3 Å². The van der Waals surface area contributed by atoms with Crippen molar-refractivity contribution >= 4 is 66.5 Å². The highest BCUT2D eigenvalue weighted by atomic mass is 16.4. The van der Waals surface area contributed by atoms with Crippen molar-refractivity contribution < 1.29 is 13.3 Å². The Bertz CT molecular complexity index is 2920. The molecule has 52 heavy (non-hydrogen) atoms. The molecule has 1 saturated carbocycles. The van der Waals surface area contributed by atoms with Gasteiger partial charge in [0.2, 0.25) is 0 Å². The lowest BCUT2D eigenvalue weighted by Crippen LogP contribution is -2.31. The van der Waals surface area contributed by atoms with Crippen molar-refractivity contribution in [3.63, 3.8) is 0 Å². The van der Waals surface area contributed by atoms with Crippen LogP contribution in [0.2, 0.25) is 0 Å². The van der Waals surface area contributed by atoms with Gasteiger partial charge in [-0.05, 0) is 120 Å². The van der Waals surface area contributed by atoms with E-state index in [4.69, 9.17) is 13.3 Å². The summed E-state index contributed by atoms with van der Waals surface area (Å²) in [4.78, 5) is 0. The molecule has 0 atom stereocenters. The number of allylic oxidation sites excluding steroid dienone is 3. The first-order valence-electron chi connectivity index (χ1n) is 18.3. The first-order valence-corrected chi connectivity index (χ1v) is 18.3. The lowest BCUT2D eigenvalue weighted by molar-refractivity contribution is 0.273. The van der Waals surface area contributed by atoms with E-state index in [2.05, 4.69) is 136 Å². The number of aryl methyl sites for hydroxylation is 1. The van der Waals surface area contributed by atoms with Gasteiger partial charge >= 0.3 is 0 Å². The highest BCUT2D eigenvalue weighted by molar-refractivity contribution is 6.13. The van der Waals surface area contributed by atoms with E-state index in [-0.39, 0.29) is 5.41 Å². The van der Waals surface area contributed by atoms with Crippen LogP contribution in [0.1, 0.15) is 55.6 Å². The van der Waals surface area contributed by atoms with E-state index in [0.717, 1.165) is 66.4 Å². The molecule has 0 aliphatic heterocycles. The summed E-state index contributed by atoms with van der Waals surface area (Å²) in [6.45, 7) is 6.70. The molecule has 1 fully saturated rings. The van der Waals surface area contributed by atoms with Gasteiger partial charge in [0, 0.05) is 32.5 Å². The largest absolute Gasteiger partial charge is 0.456 e. The highest BCUT2D eigenvalue weighted by Crippen LogP contribution is 2.51. The van der Waals surface area contributed by atoms with Crippen LogP contribution in [0, 0.1) is 6.92 Å². The molecule has 1 aliphatic rings. The first-order chi connectivity index (χ1) is 25.5. The molecule has 0 saturated heterocycles. The smallest absolute Gasteiger partial charge is 0.178 e. The monoisotopic (exact) mass is 674 g/mol. The third-order valence-electron chi connectivity index (χ3n) is 11.5. The van der Waals surface area contributed by atoms with Crippen LogP contribution in [0.25, 0.3) is 88.7 Å². The minimum Gasteiger partial charge on any atom is -0.456 e. The molecule has 6 aromatic carbocycles. The van der Waals surface area contributed by atoms with Gasteiger partial charge in [-0.1, -0.05) is 104 Å².